The van der Waals surface area contributed by atoms with Gasteiger partial charge in [-0.1, -0.05) is 13.8 Å². The Balaban J connectivity index is -0.0000000191. The predicted octanol–water partition coefficient (Wildman–Crippen LogP) is -1.43. The SMILES string of the molecule is CC(=O)C[18F].CCC(=O)[18F].CCC(C)=O.CC[18F].I.II.I[I-]I.[18F-].[18F-]. The number of alkyl halides is 2. The Hall–Kier alpha value is 3.04. The molecule has 0 aliphatic carbocycles. The van der Waals surface area contributed by atoms with Gasteiger partial charge in [-0.3, -0.25) is 14.0 Å². The molecule has 0 aromatic heterocycles. The van der Waals surface area contributed by atoms with Crippen molar-refractivity contribution >= 4 is 116 Å². The van der Waals surface area contributed by atoms with E-state index in [9.17, 15) is 22.8 Å². The van der Waals surface area contributed by atoms with Crippen molar-refractivity contribution in [3.63, 3.8) is 0 Å². The summed E-state index contributed by atoms with van der Waals surface area (Å²) in [6.45, 7) is 6.49. The Morgan fingerprint density at radius 1 is 0.846 bits per heavy atom. The Labute approximate surface area is 223 Å². The predicted molar refractivity (Wildman–Crippen MR) is 137 cm³/mol. The maximum Gasteiger partial charge on any atom is -1.00 e. The standard InChI is InChI=1S/C4H8O.2C3H5FO.C2H5F.2FH.I3.I2.HI/c1-3-4(2)5;1-3(5)2-4;1-2-3(4)5;1-2-3;;;1-3-2;1-2;/h3H2,1-2H3;2*2H2,1H3;2H2,1H3;2*1H;;;1H/q;;;;;;-1;;/p-2/i;2*4-1;3-1;2*1-1;;;. The largest absolute Gasteiger partial charge is 1.00 e. The number of halogens is 11. The van der Waals surface area contributed by atoms with Crippen molar-refractivity contribution in [3.8, 4) is 0 Å². The summed E-state index contributed by atoms with van der Waals surface area (Å²) < 4.78 is 31.8. The van der Waals surface area contributed by atoms with Crippen LogP contribution in [-0.4, -0.2) is 31.0 Å². The van der Waals surface area contributed by atoms with Crippen LogP contribution >= 0.6 is 98.4 Å². The first-order valence-corrected chi connectivity index (χ1v) is 24.8. The maximum atomic E-state index is 10.8. The summed E-state index contributed by atoms with van der Waals surface area (Å²) >= 11 is 9.54. The van der Waals surface area contributed by atoms with Crippen molar-refractivity contribution in [1.82, 2.24) is 0 Å². The van der Waals surface area contributed by atoms with Crippen LogP contribution < -0.4 is 22.7 Å². The molecule has 170 valence electrons. The van der Waals surface area contributed by atoms with E-state index < -0.39 is 18.5 Å². The van der Waals surface area contributed by atoms with Crippen LogP contribution in [-0.2, 0) is 14.4 Å². The van der Waals surface area contributed by atoms with Gasteiger partial charge >= 0.3 is 56.5 Å². The molecule has 0 saturated heterocycles. The molecule has 0 atom stereocenters. The second kappa shape index (κ2) is 70.6. The molecule has 0 spiro atoms. The quantitative estimate of drug-likeness (QED) is 0.199. The molecule has 0 amide bonds. The summed E-state index contributed by atoms with van der Waals surface area (Å²) in [4.78, 5) is 28.4. The van der Waals surface area contributed by atoms with Gasteiger partial charge in [-0.05, 0) is 20.8 Å². The molecule has 0 aliphatic heterocycles. The summed E-state index contributed by atoms with van der Waals surface area (Å²) in [5.74, 6) is -0.157. The molecule has 0 saturated carbocycles. The molecule has 0 aliphatic rings. The van der Waals surface area contributed by atoms with Gasteiger partial charge in [0.05, 0.1) is 6.67 Å². The van der Waals surface area contributed by atoms with Gasteiger partial charge in [0.25, 0.3) is 0 Å². The zero-order valence-corrected chi connectivity index (χ0v) is 27.9. The first-order chi connectivity index (χ1) is 10.6. The number of ketones is 2. The van der Waals surface area contributed by atoms with Gasteiger partial charge in [0.15, 0.2) is 5.78 Å². The van der Waals surface area contributed by atoms with E-state index in [4.69, 9.17) is 4.79 Å². The molecular weight excluding hydrogens is 1040 g/mol. The number of rotatable bonds is 3. The fraction of sp³-hybridized carbons (Fsp3) is 0.750. The van der Waals surface area contributed by atoms with Gasteiger partial charge in [-0.25, -0.2) is 4.39 Å². The minimum atomic E-state index is -1.25. The Morgan fingerprint density at radius 3 is 0.962 bits per heavy atom. The van der Waals surface area contributed by atoms with Gasteiger partial charge in [0.1, 0.15) is 12.5 Å². The minimum absolute atomic E-state index is 0. The third kappa shape index (κ3) is 224. The first kappa shape index (κ1) is 56.9. The molecule has 14 heteroatoms. The molecule has 0 radical (unpaired) electrons. The zero-order chi connectivity index (χ0) is 20.3. The monoisotopic (exact) mass is 1070 g/mol. The third-order valence-corrected chi connectivity index (χ3v) is 0.964. The maximum absolute atomic E-state index is 10.8. The van der Waals surface area contributed by atoms with Crippen molar-refractivity contribution in [3.05, 3.63) is 0 Å². The average molecular weight is 1070 g/mol. The van der Waals surface area contributed by atoms with Crippen molar-refractivity contribution < 1.29 is 50.2 Å². The topological polar surface area (TPSA) is 51.2 Å². The average Bonchev–Trinajstić information content (AvgIpc) is 2.51. The van der Waals surface area contributed by atoms with Crippen LogP contribution in [0.5, 0.6) is 0 Å². The van der Waals surface area contributed by atoms with Gasteiger partial charge in [0, 0.05) is 50.1 Å². The van der Waals surface area contributed by atoms with Crippen molar-refractivity contribution in [2.45, 2.75) is 47.5 Å². The second-order valence-electron chi connectivity index (χ2n) is 2.92. The number of Topliss-reactive ketones (excluding diaryl/α,β-unsaturated/α-hetero) is 2. The molecular formula is C12H24F5I6O3-3. The van der Waals surface area contributed by atoms with Crippen LogP contribution in [0.2, 0.25) is 0 Å². The molecule has 3 nitrogen and oxygen atoms in total. The van der Waals surface area contributed by atoms with Crippen molar-refractivity contribution in [1.29, 1.82) is 0 Å². The molecule has 0 bridgehead atoms. The zero-order valence-electron chi connectivity index (χ0n) is 14.7. The van der Waals surface area contributed by atoms with Gasteiger partial charge in [-0.2, -0.15) is 4.39 Å². The second-order valence-corrected chi connectivity index (χ2v) is 19.2. The van der Waals surface area contributed by atoms with Crippen molar-refractivity contribution in [2.24, 2.45) is 0 Å². The van der Waals surface area contributed by atoms with Gasteiger partial charge in [0.2, 0.25) is 0 Å². The Morgan fingerprint density at radius 2 is 0.962 bits per heavy atom. The smallest absolute Gasteiger partial charge is 1.00 e. The van der Waals surface area contributed by atoms with E-state index in [1.54, 1.807) is 6.92 Å². The molecule has 0 aromatic carbocycles. The molecule has 0 rings (SSSR count). The number of hydrogen-bond donors (Lipinski definition) is 0. The van der Waals surface area contributed by atoms with Crippen LogP contribution in [0.1, 0.15) is 47.5 Å². The minimum Gasteiger partial charge on any atom is -1.00 e. The summed E-state index contributed by atoms with van der Waals surface area (Å²) in [5.41, 5.74) is 0. The van der Waals surface area contributed by atoms with E-state index in [0.717, 1.165) is 0 Å². The van der Waals surface area contributed by atoms with Gasteiger partial charge < -0.3 is 14.2 Å². The Bertz CT molecular complexity index is 208. The number of carbonyl (C=O) groups excluding carboxylic acids is 3. The van der Waals surface area contributed by atoms with Crippen LogP contribution in [0, 0.1) is 0 Å². The number of carbonyl (C=O) groups is 3. The molecule has 0 N–H and O–H groups in total. The van der Waals surface area contributed by atoms with Gasteiger partial charge in [-0.15, -0.1) is 24.0 Å². The van der Waals surface area contributed by atoms with E-state index >= 15 is 0 Å². The molecule has 0 heterocycles. The van der Waals surface area contributed by atoms with Crippen molar-refractivity contribution in [2.75, 3.05) is 13.3 Å². The fourth-order valence-corrected chi connectivity index (χ4v) is 0. The molecule has 0 fully saturated rings. The summed E-state index contributed by atoms with van der Waals surface area (Å²) in [5, 5.41) is 0. The third-order valence-electron chi connectivity index (χ3n) is 0.964. The van der Waals surface area contributed by atoms with Crippen LogP contribution in [0.3, 0.4) is 0 Å². The van der Waals surface area contributed by atoms with E-state index in [0.29, 0.717) is 19.7 Å². The van der Waals surface area contributed by atoms with Crippen LogP contribution in [0.25, 0.3) is 0 Å². The van der Waals surface area contributed by atoms with Crippen LogP contribution in [0.4, 0.5) is 13.2 Å². The molecule has 0 unspecified atom stereocenters. The summed E-state index contributed by atoms with van der Waals surface area (Å²) in [6, 6.07) is -1.25. The van der Waals surface area contributed by atoms with Crippen LogP contribution in [0.15, 0.2) is 0 Å². The first-order valence-electron chi connectivity index (χ1n) is 5.95. The number of hydrogen-bond acceptors (Lipinski definition) is 3. The molecule has 26 heavy (non-hydrogen) atoms. The Kier molecular flexibility index (Phi) is 154. The van der Waals surface area contributed by atoms with E-state index in [1.165, 1.54) is 20.8 Å². The van der Waals surface area contributed by atoms with E-state index in [2.05, 4.69) is 74.5 Å². The molecule has 0 aromatic rings. The summed E-state index contributed by atoms with van der Waals surface area (Å²) in [6.07, 6.45) is 0.667. The van der Waals surface area contributed by atoms with E-state index in [1.807, 2.05) is 6.92 Å². The fourth-order valence-electron chi connectivity index (χ4n) is 0. The summed E-state index contributed by atoms with van der Waals surface area (Å²) in [7, 11) is 0. The normalized spacial score (nSPS) is 6.15. The van der Waals surface area contributed by atoms with E-state index in [-0.39, 0.29) is 52.3 Å².